The van der Waals surface area contributed by atoms with Crippen LogP contribution in [0.15, 0.2) is 36.4 Å². The summed E-state index contributed by atoms with van der Waals surface area (Å²) in [7, 11) is 0. The Balaban J connectivity index is 1.59. The monoisotopic (exact) mass is 414 g/mol. The Kier molecular flexibility index (Phi) is 6.51. The molecule has 30 heavy (non-hydrogen) atoms. The Labute approximate surface area is 173 Å². The number of rotatable bonds is 7. The van der Waals surface area contributed by atoms with Crippen molar-refractivity contribution in [2.75, 3.05) is 26.4 Å². The van der Waals surface area contributed by atoms with E-state index in [1.165, 1.54) is 25.1 Å². The number of benzene rings is 2. The fourth-order valence-corrected chi connectivity index (χ4v) is 3.07. The third-order valence-corrected chi connectivity index (χ3v) is 4.67. The average molecular weight is 414 g/mol. The molecule has 1 aliphatic heterocycles. The van der Waals surface area contributed by atoms with Crippen molar-refractivity contribution < 1.29 is 28.7 Å². The van der Waals surface area contributed by atoms with Gasteiger partial charge in [0.15, 0.2) is 18.1 Å². The van der Waals surface area contributed by atoms with Crippen LogP contribution in [0.1, 0.15) is 28.4 Å². The molecule has 0 saturated carbocycles. The Morgan fingerprint density at radius 1 is 1.13 bits per heavy atom. The Hall–Kier alpha value is -3.62. The maximum absolute atomic E-state index is 12.5. The molecule has 9 heteroatoms. The zero-order valence-corrected chi connectivity index (χ0v) is 16.8. The van der Waals surface area contributed by atoms with Gasteiger partial charge in [-0.3, -0.25) is 14.9 Å². The predicted molar refractivity (Wildman–Crippen MR) is 107 cm³/mol. The maximum atomic E-state index is 12.5. The molecule has 2 aromatic rings. The average Bonchev–Trinajstić information content (AvgIpc) is 2.75. The normalized spacial score (nSPS) is 12.2. The number of hydrogen-bond donors (Lipinski definition) is 0. The lowest BCUT2D eigenvalue weighted by Gasteiger charge is -2.23. The van der Waals surface area contributed by atoms with Gasteiger partial charge in [0.2, 0.25) is 0 Å². The van der Waals surface area contributed by atoms with Crippen molar-refractivity contribution in [3.63, 3.8) is 0 Å². The van der Waals surface area contributed by atoms with Crippen LogP contribution in [-0.2, 0) is 16.1 Å². The summed E-state index contributed by atoms with van der Waals surface area (Å²) in [5.41, 5.74) is 1.28. The molecule has 0 N–H and O–H groups in total. The molecule has 1 aliphatic rings. The summed E-state index contributed by atoms with van der Waals surface area (Å²) < 4.78 is 16.2. The van der Waals surface area contributed by atoms with Gasteiger partial charge in [-0.25, -0.2) is 4.79 Å². The van der Waals surface area contributed by atoms with Gasteiger partial charge in [-0.1, -0.05) is 6.07 Å². The van der Waals surface area contributed by atoms with Gasteiger partial charge in [0.1, 0.15) is 13.2 Å². The summed E-state index contributed by atoms with van der Waals surface area (Å²) in [6.45, 7) is 4.69. The van der Waals surface area contributed by atoms with Gasteiger partial charge in [0, 0.05) is 24.7 Å². The van der Waals surface area contributed by atoms with E-state index < -0.39 is 17.5 Å². The molecule has 158 valence electrons. The first-order chi connectivity index (χ1) is 14.4. The third-order valence-electron chi connectivity index (χ3n) is 4.67. The van der Waals surface area contributed by atoms with Crippen molar-refractivity contribution in [2.24, 2.45) is 0 Å². The van der Waals surface area contributed by atoms with Crippen LogP contribution in [0, 0.1) is 17.0 Å². The van der Waals surface area contributed by atoms with Crippen LogP contribution in [0.4, 0.5) is 5.69 Å². The molecule has 2 aromatic carbocycles. The second-order valence-electron chi connectivity index (χ2n) is 6.72. The number of carbonyl (C=O) groups is 2. The number of nitrogens with zero attached hydrogens (tertiary/aromatic N) is 2. The maximum Gasteiger partial charge on any atom is 0.338 e. The molecule has 9 nitrogen and oxygen atoms in total. The highest BCUT2D eigenvalue weighted by Gasteiger charge is 2.19. The fraction of sp³-hybridized carbons (Fsp3) is 0.333. The molecule has 0 bridgehead atoms. The van der Waals surface area contributed by atoms with Gasteiger partial charge in [-0.05, 0) is 43.7 Å². The largest absolute Gasteiger partial charge is 0.486 e. The zero-order chi connectivity index (χ0) is 21.7. The molecule has 1 amide bonds. The third kappa shape index (κ3) is 4.86. The number of aryl methyl sites for hydroxylation is 1. The highest BCUT2D eigenvalue weighted by Crippen LogP contribution is 2.31. The van der Waals surface area contributed by atoms with Gasteiger partial charge >= 0.3 is 5.97 Å². The number of esters is 1. The lowest BCUT2D eigenvalue weighted by molar-refractivity contribution is -0.385. The van der Waals surface area contributed by atoms with Gasteiger partial charge in [-0.15, -0.1) is 0 Å². The Morgan fingerprint density at radius 3 is 2.53 bits per heavy atom. The zero-order valence-electron chi connectivity index (χ0n) is 16.8. The molecule has 0 unspecified atom stereocenters. The SMILES string of the molecule is CCN(Cc1ccc2c(c1)OCCO2)C(=O)COC(=O)c1ccc([N+](=O)[O-])c(C)c1. The standard InChI is InChI=1S/C21H22N2O7/c1-3-22(12-15-4-7-18-19(11-15)29-9-8-28-18)20(24)13-30-21(25)16-5-6-17(23(26)27)14(2)10-16/h4-7,10-11H,3,8-9,12-13H2,1-2H3. The van der Waals surface area contributed by atoms with Crippen LogP contribution < -0.4 is 9.47 Å². The number of likely N-dealkylation sites (N-methyl/N-ethyl adjacent to an activating group) is 1. The van der Waals surface area contributed by atoms with Crippen LogP contribution in [0.5, 0.6) is 11.5 Å². The minimum atomic E-state index is -0.711. The number of nitro groups is 1. The van der Waals surface area contributed by atoms with E-state index in [2.05, 4.69) is 0 Å². The first-order valence-corrected chi connectivity index (χ1v) is 9.47. The van der Waals surface area contributed by atoms with Crippen molar-refractivity contribution in [3.8, 4) is 11.5 Å². The quantitative estimate of drug-likeness (QED) is 0.389. The second-order valence-corrected chi connectivity index (χ2v) is 6.72. The molecule has 3 rings (SSSR count). The highest BCUT2D eigenvalue weighted by atomic mass is 16.6. The molecule has 0 radical (unpaired) electrons. The summed E-state index contributed by atoms with van der Waals surface area (Å²) in [4.78, 5) is 36.6. The Morgan fingerprint density at radius 2 is 1.87 bits per heavy atom. The minimum absolute atomic E-state index is 0.0841. The van der Waals surface area contributed by atoms with Gasteiger partial charge in [0.05, 0.1) is 10.5 Å². The van der Waals surface area contributed by atoms with E-state index in [4.69, 9.17) is 14.2 Å². The summed E-state index contributed by atoms with van der Waals surface area (Å²) in [5.74, 6) is 0.255. The topological polar surface area (TPSA) is 108 Å². The number of fused-ring (bicyclic) bond motifs is 1. The summed E-state index contributed by atoms with van der Waals surface area (Å²) >= 11 is 0. The molecule has 0 fully saturated rings. The van der Waals surface area contributed by atoms with Crippen molar-refractivity contribution in [3.05, 3.63) is 63.2 Å². The Bertz CT molecular complexity index is 974. The molecule has 0 saturated heterocycles. The predicted octanol–water partition coefficient (Wildman–Crippen LogP) is 2.88. The summed E-state index contributed by atoms with van der Waals surface area (Å²) in [6, 6.07) is 9.42. The molecular weight excluding hydrogens is 392 g/mol. The minimum Gasteiger partial charge on any atom is -0.486 e. The molecule has 0 atom stereocenters. The smallest absolute Gasteiger partial charge is 0.338 e. The van der Waals surface area contributed by atoms with Crippen molar-refractivity contribution >= 4 is 17.6 Å². The number of amides is 1. The van der Waals surface area contributed by atoms with Gasteiger partial charge < -0.3 is 19.1 Å². The van der Waals surface area contributed by atoms with Gasteiger partial charge in [-0.2, -0.15) is 0 Å². The number of nitro benzene ring substituents is 1. The van der Waals surface area contributed by atoms with Crippen LogP contribution in [0.25, 0.3) is 0 Å². The molecule has 0 aromatic heterocycles. The van der Waals surface area contributed by atoms with Crippen LogP contribution in [0.3, 0.4) is 0 Å². The molecule has 1 heterocycles. The molecule has 0 aliphatic carbocycles. The highest BCUT2D eigenvalue weighted by molar-refractivity contribution is 5.91. The number of carbonyl (C=O) groups excluding carboxylic acids is 2. The second kappa shape index (κ2) is 9.25. The summed E-state index contributed by atoms with van der Waals surface area (Å²) in [6.07, 6.45) is 0. The summed E-state index contributed by atoms with van der Waals surface area (Å²) in [5, 5.41) is 10.9. The van der Waals surface area contributed by atoms with Crippen molar-refractivity contribution in [2.45, 2.75) is 20.4 Å². The lowest BCUT2D eigenvalue weighted by atomic mass is 10.1. The molecule has 0 spiro atoms. The van der Waals surface area contributed by atoms with Crippen LogP contribution >= 0.6 is 0 Å². The van der Waals surface area contributed by atoms with E-state index in [1.54, 1.807) is 11.0 Å². The number of ether oxygens (including phenoxy) is 3. The fourth-order valence-electron chi connectivity index (χ4n) is 3.07. The van der Waals surface area contributed by atoms with E-state index in [0.29, 0.717) is 43.4 Å². The molecular formula is C21H22N2O7. The first-order valence-electron chi connectivity index (χ1n) is 9.47. The van der Waals surface area contributed by atoms with E-state index in [9.17, 15) is 19.7 Å². The van der Waals surface area contributed by atoms with Crippen molar-refractivity contribution in [1.82, 2.24) is 4.90 Å². The number of hydrogen-bond acceptors (Lipinski definition) is 7. The first kappa shape index (κ1) is 21.1. The van der Waals surface area contributed by atoms with E-state index in [-0.39, 0.29) is 17.2 Å². The lowest BCUT2D eigenvalue weighted by Crippen LogP contribution is -2.34. The van der Waals surface area contributed by atoms with Gasteiger partial charge in [0.25, 0.3) is 11.6 Å². The van der Waals surface area contributed by atoms with Crippen molar-refractivity contribution in [1.29, 1.82) is 0 Å². The van der Waals surface area contributed by atoms with E-state index in [0.717, 1.165) is 5.56 Å². The van der Waals surface area contributed by atoms with E-state index >= 15 is 0 Å². The van der Waals surface area contributed by atoms with Crippen LogP contribution in [0.2, 0.25) is 0 Å². The van der Waals surface area contributed by atoms with Crippen LogP contribution in [-0.4, -0.2) is 48.1 Å². The van der Waals surface area contributed by atoms with E-state index in [1.807, 2.05) is 19.1 Å².